The van der Waals surface area contributed by atoms with Crippen LogP contribution < -0.4 is 14.8 Å². The van der Waals surface area contributed by atoms with Crippen LogP contribution in [0.15, 0.2) is 24.3 Å². The molecule has 0 aliphatic carbocycles. The molecular formula is C16H26N2O2. The van der Waals surface area contributed by atoms with E-state index in [2.05, 4.69) is 24.1 Å². The van der Waals surface area contributed by atoms with Crippen LogP contribution in [0.25, 0.3) is 0 Å². The highest BCUT2D eigenvalue weighted by Crippen LogP contribution is 2.17. The molecule has 2 rings (SSSR count). The Hall–Kier alpha value is -1.26. The van der Waals surface area contributed by atoms with Crippen molar-refractivity contribution in [1.29, 1.82) is 0 Å². The van der Waals surface area contributed by atoms with E-state index in [0.717, 1.165) is 37.7 Å². The summed E-state index contributed by atoms with van der Waals surface area (Å²) >= 11 is 0. The van der Waals surface area contributed by atoms with Gasteiger partial charge in [0.1, 0.15) is 18.1 Å². The Morgan fingerprint density at radius 3 is 2.15 bits per heavy atom. The van der Waals surface area contributed by atoms with Crippen molar-refractivity contribution in [3.8, 4) is 11.5 Å². The predicted octanol–water partition coefficient (Wildman–Crippen LogP) is 2.15. The Labute approximate surface area is 122 Å². The minimum atomic E-state index is 0.559. The van der Waals surface area contributed by atoms with Crippen molar-refractivity contribution in [2.45, 2.75) is 32.9 Å². The first-order chi connectivity index (χ1) is 9.67. The number of hydrogen-bond donors (Lipinski definition) is 1. The third-order valence-corrected chi connectivity index (χ3v) is 3.44. The van der Waals surface area contributed by atoms with Gasteiger partial charge in [-0.25, -0.2) is 0 Å². The van der Waals surface area contributed by atoms with Gasteiger partial charge in [-0.2, -0.15) is 0 Å². The molecular weight excluding hydrogens is 252 g/mol. The van der Waals surface area contributed by atoms with Crippen LogP contribution in [0.4, 0.5) is 0 Å². The fraction of sp³-hybridized carbons (Fsp3) is 0.625. The minimum Gasteiger partial charge on any atom is -0.494 e. The molecule has 0 bridgehead atoms. The standard InChI is InChI=1S/C16H26N2O2/c1-4-19-15-5-7-16(8-6-15)20-10-9-18-11-13(2)17-14(3)12-18/h5-8,13-14,17H,4,9-12H2,1-3H3. The van der Waals surface area contributed by atoms with Gasteiger partial charge in [-0.05, 0) is 45.0 Å². The second kappa shape index (κ2) is 7.50. The molecule has 20 heavy (non-hydrogen) atoms. The van der Waals surface area contributed by atoms with Crippen molar-refractivity contribution in [3.05, 3.63) is 24.3 Å². The summed E-state index contributed by atoms with van der Waals surface area (Å²) in [5.74, 6) is 1.80. The molecule has 0 spiro atoms. The fourth-order valence-corrected chi connectivity index (χ4v) is 2.71. The zero-order valence-electron chi connectivity index (χ0n) is 12.8. The average Bonchev–Trinajstić information content (AvgIpc) is 2.40. The van der Waals surface area contributed by atoms with Gasteiger partial charge in [0, 0.05) is 31.7 Å². The van der Waals surface area contributed by atoms with Gasteiger partial charge < -0.3 is 14.8 Å². The smallest absolute Gasteiger partial charge is 0.119 e. The Bertz CT molecular complexity index is 384. The van der Waals surface area contributed by atoms with Crippen LogP contribution in [-0.4, -0.2) is 49.8 Å². The Morgan fingerprint density at radius 1 is 1.05 bits per heavy atom. The summed E-state index contributed by atoms with van der Waals surface area (Å²) in [6.45, 7) is 11.0. The molecule has 1 saturated heterocycles. The Balaban J connectivity index is 1.72. The summed E-state index contributed by atoms with van der Waals surface area (Å²) in [7, 11) is 0. The molecule has 112 valence electrons. The first-order valence-corrected chi connectivity index (χ1v) is 7.51. The fourth-order valence-electron chi connectivity index (χ4n) is 2.71. The van der Waals surface area contributed by atoms with Gasteiger partial charge in [0.05, 0.1) is 6.61 Å². The molecule has 0 saturated carbocycles. The molecule has 1 aliphatic heterocycles. The first-order valence-electron chi connectivity index (χ1n) is 7.51. The molecule has 0 radical (unpaired) electrons. The summed E-state index contributed by atoms with van der Waals surface area (Å²) in [5.41, 5.74) is 0. The second-order valence-electron chi connectivity index (χ2n) is 5.48. The highest BCUT2D eigenvalue weighted by Gasteiger charge is 2.20. The molecule has 0 aromatic heterocycles. The van der Waals surface area contributed by atoms with E-state index in [1.165, 1.54) is 0 Å². The van der Waals surface area contributed by atoms with Gasteiger partial charge in [-0.3, -0.25) is 4.90 Å². The molecule has 1 N–H and O–H groups in total. The zero-order chi connectivity index (χ0) is 14.4. The summed E-state index contributed by atoms with van der Waals surface area (Å²) in [6.07, 6.45) is 0. The lowest BCUT2D eigenvalue weighted by atomic mass is 10.1. The van der Waals surface area contributed by atoms with Crippen LogP contribution in [0.2, 0.25) is 0 Å². The van der Waals surface area contributed by atoms with Gasteiger partial charge in [-0.1, -0.05) is 0 Å². The summed E-state index contributed by atoms with van der Waals surface area (Å²) in [4.78, 5) is 2.46. The average molecular weight is 278 g/mol. The van der Waals surface area contributed by atoms with Crippen LogP contribution in [0.1, 0.15) is 20.8 Å². The maximum absolute atomic E-state index is 5.79. The lowest BCUT2D eigenvalue weighted by molar-refractivity contribution is 0.146. The molecule has 1 aliphatic rings. The number of piperazine rings is 1. The molecule has 4 nitrogen and oxygen atoms in total. The van der Waals surface area contributed by atoms with E-state index in [-0.39, 0.29) is 0 Å². The van der Waals surface area contributed by atoms with E-state index >= 15 is 0 Å². The van der Waals surface area contributed by atoms with E-state index in [1.807, 2.05) is 31.2 Å². The highest BCUT2D eigenvalue weighted by atomic mass is 16.5. The monoisotopic (exact) mass is 278 g/mol. The van der Waals surface area contributed by atoms with E-state index in [1.54, 1.807) is 0 Å². The van der Waals surface area contributed by atoms with Crippen molar-refractivity contribution in [2.24, 2.45) is 0 Å². The quantitative estimate of drug-likeness (QED) is 0.864. The summed E-state index contributed by atoms with van der Waals surface area (Å²) < 4.78 is 11.2. The van der Waals surface area contributed by atoms with E-state index in [0.29, 0.717) is 18.7 Å². The maximum atomic E-state index is 5.79. The third kappa shape index (κ3) is 4.69. The molecule has 1 aromatic carbocycles. The number of nitrogens with zero attached hydrogens (tertiary/aromatic N) is 1. The van der Waals surface area contributed by atoms with Crippen molar-refractivity contribution < 1.29 is 9.47 Å². The van der Waals surface area contributed by atoms with Crippen LogP contribution in [0.5, 0.6) is 11.5 Å². The van der Waals surface area contributed by atoms with E-state index in [9.17, 15) is 0 Å². The normalized spacial score (nSPS) is 23.6. The minimum absolute atomic E-state index is 0.559. The summed E-state index contributed by atoms with van der Waals surface area (Å²) in [6, 6.07) is 8.96. The summed E-state index contributed by atoms with van der Waals surface area (Å²) in [5, 5.41) is 3.54. The lowest BCUT2D eigenvalue weighted by Crippen LogP contribution is -2.54. The molecule has 1 fully saturated rings. The Morgan fingerprint density at radius 2 is 1.60 bits per heavy atom. The van der Waals surface area contributed by atoms with Gasteiger partial charge in [0.15, 0.2) is 0 Å². The highest BCUT2D eigenvalue weighted by molar-refractivity contribution is 5.31. The first kappa shape index (κ1) is 15.1. The predicted molar refractivity (Wildman–Crippen MR) is 81.6 cm³/mol. The van der Waals surface area contributed by atoms with Crippen molar-refractivity contribution in [1.82, 2.24) is 10.2 Å². The van der Waals surface area contributed by atoms with Gasteiger partial charge in [-0.15, -0.1) is 0 Å². The third-order valence-electron chi connectivity index (χ3n) is 3.44. The Kier molecular flexibility index (Phi) is 5.68. The van der Waals surface area contributed by atoms with Crippen molar-refractivity contribution in [3.63, 3.8) is 0 Å². The molecule has 2 atom stereocenters. The number of ether oxygens (including phenoxy) is 2. The molecule has 2 unspecified atom stereocenters. The largest absolute Gasteiger partial charge is 0.494 e. The van der Waals surface area contributed by atoms with Crippen LogP contribution in [0.3, 0.4) is 0 Å². The van der Waals surface area contributed by atoms with Gasteiger partial charge >= 0.3 is 0 Å². The molecule has 0 amide bonds. The van der Waals surface area contributed by atoms with Crippen LogP contribution in [0, 0.1) is 0 Å². The van der Waals surface area contributed by atoms with Gasteiger partial charge in [0.2, 0.25) is 0 Å². The maximum Gasteiger partial charge on any atom is 0.119 e. The number of benzene rings is 1. The zero-order valence-corrected chi connectivity index (χ0v) is 12.8. The second-order valence-corrected chi connectivity index (χ2v) is 5.48. The number of hydrogen-bond acceptors (Lipinski definition) is 4. The van der Waals surface area contributed by atoms with E-state index < -0.39 is 0 Å². The molecule has 1 aromatic rings. The van der Waals surface area contributed by atoms with Gasteiger partial charge in [0.25, 0.3) is 0 Å². The lowest BCUT2D eigenvalue weighted by Gasteiger charge is -2.35. The van der Waals surface area contributed by atoms with Crippen LogP contribution in [-0.2, 0) is 0 Å². The number of nitrogens with one attached hydrogen (secondary N) is 1. The SMILES string of the molecule is CCOc1ccc(OCCN2CC(C)NC(C)C2)cc1. The molecule has 4 heteroatoms. The molecule has 1 heterocycles. The van der Waals surface area contributed by atoms with Crippen molar-refractivity contribution in [2.75, 3.05) is 32.8 Å². The van der Waals surface area contributed by atoms with Crippen LogP contribution >= 0.6 is 0 Å². The van der Waals surface area contributed by atoms with Crippen molar-refractivity contribution >= 4 is 0 Å². The van der Waals surface area contributed by atoms with E-state index in [4.69, 9.17) is 9.47 Å². The number of rotatable bonds is 6. The topological polar surface area (TPSA) is 33.7 Å².